The zero-order chi connectivity index (χ0) is 20.6. The van der Waals surface area contributed by atoms with Crippen LogP contribution < -0.4 is 10.6 Å². The molecule has 0 heterocycles. The van der Waals surface area contributed by atoms with Crippen molar-refractivity contribution in [2.45, 2.75) is 64.5 Å². The smallest absolute Gasteiger partial charge is 0.407 e. The van der Waals surface area contributed by atoms with Gasteiger partial charge in [0.05, 0.1) is 7.11 Å². The monoisotopic (exact) mass is 392 g/mol. The molecule has 28 heavy (non-hydrogen) atoms. The summed E-state index contributed by atoms with van der Waals surface area (Å²) in [7, 11) is 1.29. The molecule has 0 aromatic heterocycles. The van der Waals surface area contributed by atoms with Crippen molar-refractivity contribution < 1.29 is 23.9 Å². The first-order chi connectivity index (χ1) is 13.6. The zero-order valence-electron chi connectivity index (χ0n) is 16.9. The Labute approximate surface area is 167 Å². The summed E-state index contributed by atoms with van der Waals surface area (Å²) < 4.78 is 9.80. The third kappa shape index (κ3) is 10.5. The summed E-state index contributed by atoms with van der Waals surface area (Å²) in [5.74, 6) is -0.938. The Bertz CT molecular complexity index is 592. The lowest BCUT2D eigenvalue weighted by Gasteiger charge is -2.16. The normalized spacial score (nSPS) is 11.4. The van der Waals surface area contributed by atoms with Gasteiger partial charge < -0.3 is 20.1 Å². The molecule has 0 bridgehead atoms. The first kappa shape index (κ1) is 23.5. The van der Waals surface area contributed by atoms with E-state index in [1.807, 2.05) is 30.3 Å². The molecule has 0 aliphatic carbocycles. The maximum atomic E-state index is 12.0. The van der Waals surface area contributed by atoms with E-state index in [1.54, 1.807) is 0 Å². The highest BCUT2D eigenvalue weighted by Crippen LogP contribution is 2.09. The van der Waals surface area contributed by atoms with Crippen molar-refractivity contribution in [1.29, 1.82) is 0 Å². The first-order valence-electron chi connectivity index (χ1n) is 9.88. The predicted molar refractivity (Wildman–Crippen MR) is 107 cm³/mol. The lowest BCUT2D eigenvalue weighted by molar-refractivity contribution is -0.145. The van der Waals surface area contributed by atoms with Crippen LogP contribution in [0.5, 0.6) is 0 Å². The maximum Gasteiger partial charge on any atom is 0.407 e. The molecule has 0 aliphatic heterocycles. The number of methoxy groups -OCH3 is 1. The third-order valence-corrected chi connectivity index (χ3v) is 4.27. The number of carbonyl (C=O) groups excluding carboxylic acids is 3. The second-order valence-corrected chi connectivity index (χ2v) is 6.61. The average Bonchev–Trinajstić information content (AvgIpc) is 2.72. The average molecular weight is 392 g/mol. The van der Waals surface area contributed by atoms with E-state index in [-0.39, 0.29) is 13.2 Å². The summed E-state index contributed by atoms with van der Waals surface area (Å²) in [5.41, 5.74) is 0.854. The molecule has 156 valence electrons. The van der Waals surface area contributed by atoms with Gasteiger partial charge in [0.2, 0.25) is 5.91 Å². The quantitative estimate of drug-likeness (QED) is 0.397. The summed E-state index contributed by atoms with van der Waals surface area (Å²) in [5, 5.41) is 5.00. The molecule has 0 radical (unpaired) electrons. The minimum atomic E-state index is -0.703. The summed E-state index contributed by atoms with van der Waals surface area (Å²) in [6, 6.07) is 8.54. The summed E-state index contributed by atoms with van der Waals surface area (Å²) in [6.45, 7) is 2.02. The molecule has 2 N–H and O–H groups in total. The number of unbranched alkanes of at least 4 members (excludes halogenated alkanes) is 5. The Morgan fingerprint density at radius 2 is 1.68 bits per heavy atom. The van der Waals surface area contributed by atoms with E-state index in [2.05, 4.69) is 17.6 Å². The highest BCUT2D eigenvalue weighted by Gasteiger charge is 2.21. The van der Waals surface area contributed by atoms with Gasteiger partial charge in [-0.05, 0) is 12.0 Å². The molecule has 0 unspecified atom stereocenters. The Kier molecular flexibility index (Phi) is 12.1. The predicted octanol–water partition coefficient (Wildman–Crippen LogP) is 3.32. The molecule has 0 fully saturated rings. The van der Waals surface area contributed by atoms with Crippen LogP contribution in [0.2, 0.25) is 0 Å². The van der Waals surface area contributed by atoms with Crippen molar-refractivity contribution in [3.63, 3.8) is 0 Å². The van der Waals surface area contributed by atoms with Crippen molar-refractivity contribution in [1.82, 2.24) is 10.6 Å². The number of ether oxygens (including phenoxy) is 2. The van der Waals surface area contributed by atoms with E-state index in [9.17, 15) is 14.4 Å². The molecule has 1 aromatic rings. The second-order valence-electron chi connectivity index (χ2n) is 6.61. The van der Waals surface area contributed by atoms with E-state index < -0.39 is 24.0 Å². The van der Waals surface area contributed by atoms with Gasteiger partial charge in [0.15, 0.2) is 0 Å². The Balaban J connectivity index is 2.29. The molecule has 1 rings (SSSR count). The van der Waals surface area contributed by atoms with E-state index in [1.165, 1.54) is 26.4 Å². The number of benzene rings is 1. The van der Waals surface area contributed by atoms with Gasteiger partial charge >= 0.3 is 12.1 Å². The van der Waals surface area contributed by atoms with Gasteiger partial charge in [0, 0.05) is 0 Å². The summed E-state index contributed by atoms with van der Waals surface area (Å²) >= 11 is 0. The van der Waals surface area contributed by atoms with Gasteiger partial charge in [0.1, 0.15) is 19.2 Å². The molecular formula is C21H32N2O5. The van der Waals surface area contributed by atoms with E-state index >= 15 is 0 Å². The molecule has 0 saturated carbocycles. The van der Waals surface area contributed by atoms with Crippen molar-refractivity contribution in [3.05, 3.63) is 35.9 Å². The number of hydrogen-bond acceptors (Lipinski definition) is 5. The fourth-order valence-electron chi connectivity index (χ4n) is 2.69. The SMILES string of the molecule is CCCCCCCC[C@H](NC(=O)CNC(=O)OCc1ccccc1)C(=O)OC. The van der Waals surface area contributed by atoms with Gasteiger partial charge in [-0.2, -0.15) is 0 Å². The van der Waals surface area contributed by atoms with Crippen molar-refractivity contribution >= 4 is 18.0 Å². The second kappa shape index (κ2) is 14.5. The highest BCUT2D eigenvalue weighted by molar-refractivity contribution is 5.87. The number of nitrogens with one attached hydrogen (secondary N) is 2. The van der Waals surface area contributed by atoms with E-state index in [4.69, 9.17) is 9.47 Å². The van der Waals surface area contributed by atoms with Crippen LogP contribution in [0, 0.1) is 0 Å². The number of hydrogen-bond donors (Lipinski definition) is 2. The van der Waals surface area contributed by atoms with Gasteiger partial charge in [-0.25, -0.2) is 9.59 Å². The van der Waals surface area contributed by atoms with Crippen molar-refractivity contribution in [2.24, 2.45) is 0 Å². The van der Waals surface area contributed by atoms with Crippen LogP contribution in [-0.2, 0) is 25.7 Å². The van der Waals surface area contributed by atoms with Gasteiger partial charge in [-0.15, -0.1) is 0 Å². The minimum absolute atomic E-state index is 0.122. The molecule has 7 heteroatoms. The topological polar surface area (TPSA) is 93.7 Å². The van der Waals surface area contributed by atoms with Crippen LogP contribution in [-0.4, -0.2) is 37.7 Å². The minimum Gasteiger partial charge on any atom is -0.467 e. The lowest BCUT2D eigenvalue weighted by Crippen LogP contribution is -2.46. The van der Waals surface area contributed by atoms with Crippen molar-refractivity contribution in [2.75, 3.05) is 13.7 Å². The van der Waals surface area contributed by atoms with Gasteiger partial charge in [-0.3, -0.25) is 4.79 Å². The van der Waals surface area contributed by atoms with Gasteiger partial charge in [0.25, 0.3) is 0 Å². The van der Waals surface area contributed by atoms with Crippen LogP contribution in [0.25, 0.3) is 0 Å². The Morgan fingerprint density at radius 1 is 1.00 bits per heavy atom. The molecule has 1 aromatic carbocycles. The zero-order valence-corrected chi connectivity index (χ0v) is 16.9. The van der Waals surface area contributed by atoms with E-state index in [0.717, 1.165) is 24.8 Å². The standard InChI is InChI=1S/C21H32N2O5/c1-3-4-5-6-7-11-14-18(20(25)27-2)23-19(24)15-22-21(26)28-16-17-12-9-8-10-13-17/h8-10,12-13,18H,3-7,11,14-16H2,1-2H3,(H,22,26)(H,23,24)/t18-/m0/s1. The van der Waals surface area contributed by atoms with Crippen molar-refractivity contribution in [3.8, 4) is 0 Å². The molecule has 1 atom stereocenters. The van der Waals surface area contributed by atoms with Crippen LogP contribution >= 0.6 is 0 Å². The molecule has 2 amide bonds. The Morgan fingerprint density at radius 3 is 2.36 bits per heavy atom. The Hall–Kier alpha value is -2.57. The third-order valence-electron chi connectivity index (χ3n) is 4.27. The van der Waals surface area contributed by atoms with Crippen LogP contribution in [0.3, 0.4) is 0 Å². The summed E-state index contributed by atoms with van der Waals surface area (Å²) in [6.07, 6.45) is 6.35. The summed E-state index contributed by atoms with van der Waals surface area (Å²) in [4.78, 5) is 35.6. The fourth-order valence-corrected chi connectivity index (χ4v) is 2.69. The number of alkyl carbamates (subject to hydrolysis) is 1. The number of rotatable bonds is 13. The first-order valence-corrected chi connectivity index (χ1v) is 9.88. The molecule has 7 nitrogen and oxygen atoms in total. The van der Waals surface area contributed by atoms with Crippen LogP contribution in [0.1, 0.15) is 57.4 Å². The fraction of sp³-hybridized carbons (Fsp3) is 0.571. The molecule has 0 aliphatic rings. The molecular weight excluding hydrogens is 360 g/mol. The number of amides is 2. The van der Waals surface area contributed by atoms with Crippen LogP contribution in [0.15, 0.2) is 30.3 Å². The highest BCUT2D eigenvalue weighted by atomic mass is 16.5. The van der Waals surface area contributed by atoms with Gasteiger partial charge in [-0.1, -0.05) is 75.8 Å². The number of esters is 1. The molecule has 0 saturated heterocycles. The van der Waals surface area contributed by atoms with Crippen LogP contribution in [0.4, 0.5) is 4.79 Å². The lowest BCUT2D eigenvalue weighted by atomic mass is 10.1. The maximum absolute atomic E-state index is 12.0. The largest absolute Gasteiger partial charge is 0.467 e. The van der Waals surface area contributed by atoms with E-state index in [0.29, 0.717) is 6.42 Å². The number of carbonyl (C=O) groups is 3. The molecule has 0 spiro atoms.